The number of fused-ring (bicyclic) bond motifs is 1. The van der Waals surface area contributed by atoms with E-state index < -0.39 is 45.2 Å². The number of halogens is 1. The molecule has 2 aromatic carbocycles. The molecule has 0 spiro atoms. The number of benzene rings is 2. The Morgan fingerprint density at radius 1 is 1.06 bits per heavy atom. The van der Waals surface area contributed by atoms with Crippen LogP contribution < -0.4 is 5.32 Å². The summed E-state index contributed by atoms with van der Waals surface area (Å²) in [5.74, 6) is -2.34. The lowest BCUT2D eigenvalue weighted by Crippen LogP contribution is -2.42. The number of thiophene rings is 1. The Kier molecular flexibility index (Phi) is 6.13. The van der Waals surface area contributed by atoms with E-state index in [0.29, 0.717) is 4.88 Å². The quantitative estimate of drug-likeness (QED) is 0.409. The van der Waals surface area contributed by atoms with Gasteiger partial charge in [-0.25, -0.2) is 12.8 Å². The number of carbonyl (C=O) groups is 3. The fourth-order valence-electron chi connectivity index (χ4n) is 3.58. The van der Waals surface area contributed by atoms with Crippen LogP contribution in [0.15, 0.2) is 64.9 Å². The molecule has 0 aliphatic carbocycles. The van der Waals surface area contributed by atoms with Crippen LogP contribution >= 0.6 is 11.3 Å². The van der Waals surface area contributed by atoms with Crippen LogP contribution in [0.3, 0.4) is 0 Å². The molecule has 170 valence electrons. The number of imide groups is 1. The molecule has 1 aliphatic heterocycles. The molecule has 3 aromatic rings. The zero-order chi connectivity index (χ0) is 23.8. The van der Waals surface area contributed by atoms with Crippen molar-refractivity contribution in [2.45, 2.75) is 17.1 Å². The van der Waals surface area contributed by atoms with Crippen molar-refractivity contribution in [1.82, 2.24) is 10.2 Å². The lowest BCUT2D eigenvalue weighted by Gasteiger charge is -2.19. The van der Waals surface area contributed by atoms with Crippen molar-refractivity contribution in [3.8, 4) is 0 Å². The van der Waals surface area contributed by atoms with Crippen LogP contribution in [0.5, 0.6) is 0 Å². The first kappa shape index (κ1) is 22.8. The number of aryl methyl sites for hydroxylation is 1. The van der Waals surface area contributed by atoms with E-state index in [1.807, 2.05) is 0 Å². The second-order valence-corrected chi connectivity index (χ2v) is 10.6. The zero-order valence-corrected chi connectivity index (χ0v) is 19.1. The number of carbonyl (C=O) groups excluding carboxylic acids is 3. The van der Waals surface area contributed by atoms with Crippen LogP contribution in [-0.2, 0) is 14.6 Å². The third-order valence-corrected chi connectivity index (χ3v) is 8.57. The van der Waals surface area contributed by atoms with Gasteiger partial charge in [-0.15, -0.1) is 11.3 Å². The molecular weight excluding hydrogens is 467 g/mol. The van der Waals surface area contributed by atoms with Crippen LogP contribution in [0.25, 0.3) is 0 Å². The fourth-order valence-corrected chi connectivity index (χ4v) is 6.45. The SMILES string of the molecule is Cc1cc(S(=O)(=O)[C@@H](CNC(=O)CN2C(=O)c3ccccc3C2=O)c2cccs2)ccc1F. The van der Waals surface area contributed by atoms with E-state index in [0.717, 1.165) is 11.0 Å². The highest BCUT2D eigenvalue weighted by Gasteiger charge is 2.37. The van der Waals surface area contributed by atoms with Gasteiger partial charge in [0.15, 0.2) is 9.84 Å². The minimum Gasteiger partial charge on any atom is -0.353 e. The minimum atomic E-state index is -3.97. The standard InChI is InChI=1S/C23H19FN2O5S2/c1-14-11-15(8-9-18(14)24)33(30,31)20(19-7-4-10-32-19)12-25-21(27)13-26-22(28)16-5-2-3-6-17(16)23(26)29/h2-11,20H,12-13H2,1H3,(H,25,27)/t20-/m0/s1. The molecule has 1 aromatic heterocycles. The summed E-state index contributed by atoms with van der Waals surface area (Å²) in [6.07, 6.45) is 0. The average molecular weight is 487 g/mol. The molecule has 7 nitrogen and oxygen atoms in total. The molecule has 1 aliphatic rings. The monoisotopic (exact) mass is 486 g/mol. The van der Waals surface area contributed by atoms with Gasteiger partial charge in [0, 0.05) is 11.4 Å². The Labute approximate surface area is 193 Å². The summed E-state index contributed by atoms with van der Waals surface area (Å²) in [6, 6.07) is 13.1. The van der Waals surface area contributed by atoms with Gasteiger partial charge in [0.2, 0.25) is 5.91 Å². The fraction of sp³-hybridized carbons (Fsp3) is 0.174. The average Bonchev–Trinajstić information content (AvgIpc) is 3.39. The van der Waals surface area contributed by atoms with Crippen molar-refractivity contribution in [1.29, 1.82) is 0 Å². The van der Waals surface area contributed by atoms with Gasteiger partial charge in [-0.05, 0) is 54.3 Å². The van der Waals surface area contributed by atoms with E-state index in [-0.39, 0.29) is 28.1 Å². The van der Waals surface area contributed by atoms with Crippen molar-refractivity contribution in [2.75, 3.05) is 13.1 Å². The van der Waals surface area contributed by atoms with E-state index in [4.69, 9.17) is 0 Å². The Bertz CT molecular complexity index is 1320. The molecule has 0 radical (unpaired) electrons. The second kappa shape index (κ2) is 8.87. The van der Waals surface area contributed by atoms with E-state index in [9.17, 15) is 27.2 Å². The summed E-state index contributed by atoms with van der Waals surface area (Å²) >= 11 is 1.21. The summed E-state index contributed by atoms with van der Waals surface area (Å²) in [5.41, 5.74) is 0.637. The summed E-state index contributed by atoms with van der Waals surface area (Å²) < 4.78 is 40.3. The maximum absolute atomic E-state index is 13.7. The summed E-state index contributed by atoms with van der Waals surface area (Å²) in [6.45, 7) is 0.666. The topological polar surface area (TPSA) is 101 Å². The van der Waals surface area contributed by atoms with Crippen LogP contribution in [0.1, 0.15) is 36.4 Å². The normalized spacial score (nSPS) is 14.3. The number of hydrogen-bond donors (Lipinski definition) is 1. The first-order chi connectivity index (χ1) is 15.7. The van der Waals surface area contributed by atoms with E-state index in [1.54, 1.807) is 29.6 Å². The summed E-state index contributed by atoms with van der Waals surface area (Å²) in [4.78, 5) is 38.8. The maximum atomic E-state index is 13.7. The Morgan fingerprint density at radius 3 is 2.30 bits per heavy atom. The van der Waals surface area contributed by atoms with E-state index in [1.165, 1.54) is 42.5 Å². The molecule has 0 unspecified atom stereocenters. The van der Waals surface area contributed by atoms with Crippen molar-refractivity contribution >= 4 is 38.9 Å². The molecule has 2 heterocycles. The van der Waals surface area contributed by atoms with E-state index >= 15 is 0 Å². The molecule has 0 bridgehead atoms. The first-order valence-corrected chi connectivity index (χ1v) is 12.4. The minimum absolute atomic E-state index is 0.0607. The largest absolute Gasteiger partial charge is 0.353 e. The highest BCUT2D eigenvalue weighted by atomic mass is 32.2. The van der Waals surface area contributed by atoms with Gasteiger partial charge >= 0.3 is 0 Å². The van der Waals surface area contributed by atoms with Crippen LogP contribution in [0.2, 0.25) is 0 Å². The van der Waals surface area contributed by atoms with Crippen LogP contribution in [-0.4, -0.2) is 44.1 Å². The predicted octanol–water partition coefficient (Wildman–Crippen LogP) is 3.12. The first-order valence-electron chi connectivity index (χ1n) is 9.95. The lowest BCUT2D eigenvalue weighted by atomic mass is 10.1. The molecule has 4 rings (SSSR count). The van der Waals surface area contributed by atoms with Gasteiger partial charge < -0.3 is 5.32 Å². The highest BCUT2D eigenvalue weighted by Crippen LogP contribution is 2.32. The van der Waals surface area contributed by atoms with Crippen molar-refractivity contribution in [3.63, 3.8) is 0 Å². The third-order valence-electron chi connectivity index (χ3n) is 5.36. The molecule has 1 N–H and O–H groups in total. The van der Waals surface area contributed by atoms with Crippen molar-refractivity contribution < 1.29 is 27.2 Å². The lowest BCUT2D eigenvalue weighted by molar-refractivity contribution is -0.121. The van der Waals surface area contributed by atoms with Crippen molar-refractivity contribution in [2.24, 2.45) is 0 Å². The third kappa shape index (κ3) is 4.31. The van der Waals surface area contributed by atoms with Gasteiger partial charge in [0.1, 0.15) is 17.6 Å². The number of nitrogens with one attached hydrogen (secondary N) is 1. The Hall–Kier alpha value is -3.37. The highest BCUT2D eigenvalue weighted by molar-refractivity contribution is 7.91. The van der Waals surface area contributed by atoms with Gasteiger partial charge in [0.05, 0.1) is 16.0 Å². The predicted molar refractivity (Wildman–Crippen MR) is 120 cm³/mol. The van der Waals surface area contributed by atoms with Gasteiger partial charge in [-0.3, -0.25) is 19.3 Å². The van der Waals surface area contributed by atoms with Gasteiger partial charge in [0.25, 0.3) is 11.8 Å². The van der Waals surface area contributed by atoms with Gasteiger partial charge in [-0.1, -0.05) is 18.2 Å². The number of sulfone groups is 1. The van der Waals surface area contributed by atoms with Crippen molar-refractivity contribution in [3.05, 3.63) is 87.4 Å². The summed E-state index contributed by atoms with van der Waals surface area (Å²) in [7, 11) is -3.97. The maximum Gasteiger partial charge on any atom is 0.262 e. The Balaban J connectivity index is 1.52. The molecule has 10 heteroatoms. The molecule has 33 heavy (non-hydrogen) atoms. The number of amides is 3. The molecule has 0 saturated carbocycles. The van der Waals surface area contributed by atoms with Crippen LogP contribution in [0.4, 0.5) is 4.39 Å². The molecule has 3 amide bonds. The molecule has 1 atom stereocenters. The smallest absolute Gasteiger partial charge is 0.262 e. The number of rotatable bonds is 7. The van der Waals surface area contributed by atoms with Crippen LogP contribution in [0, 0.1) is 12.7 Å². The molecule has 0 fully saturated rings. The number of hydrogen-bond acceptors (Lipinski definition) is 6. The Morgan fingerprint density at radius 2 is 1.73 bits per heavy atom. The second-order valence-electron chi connectivity index (χ2n) is 7.51. The molecule has 0 saturated heterocycles. The summed E-state index contributed by atoms with van der Waals surface area (Å²) in [5, 5.41) is 3.14. The molecular formula is C23H19FN2O5S2. The van der Waals surface area contributed by atoms with Gasteiger partial charge in [-0.2, -0.15) is 0 Å². The zero-order valence-electron chi connectivity index (χ0n) is 17.4. The van der Waals surface area contributed by atoms with E-state index in [2.05, 4.69) is 5.32 Å². The number of nitrogens with zero attached hydrogens (tertiary/aromatic N) is 1.